The van der Waals surface area contributed by atoms with Crippen LogP contribution >= 0.6 is 0 Å². The first-order valence-corrected chi connectivity index (χ1v) is 13.7. The Morgan fingerprint density at radius 3 is 2.00 bits per heavy atom. The molecule has 0 aromatic heterocycles. The maximum absolute atomic E-state index is 13.9. The number of benzene rings is 3. The average Bonchev–Trinajstić information content (AvgIpc) is 2.87. The summed E-state index contributed by atoms with van der Waals surface area (Å²) in [6.45, 7) is 7.31. The Balaban J connectivity index is 2.05. The van der Waals surface area contributed by atoms with E-state index in [0.29, 0.717) is 12.1 Å². The topological polar surface area (TPSA) is 86.8 Å². The molecular formula is C29H35N3O4S. The average molecular weight is 522 g/mol. The van der Waals surface area contributed by atoms with E-state index in [1.807, 2.05) is 52.0 Å². The van der Waals surface area contributed by atoms with E-state index in [2.05, 4.69) is 5.32 Å². The minimum Gasteiger partial charge on any atom is -0.357 e. The molecule has 0 saturated carbocycles. The summed E-state index contributed by atoms with van der Waals surface area (Å²) in [4.78, 5) is 28.2. The lowest BCUT2D eigenvalue weighted by molar-refractivity contribution is -0.140. The van der Waals surface area contributed by atoms with E-state index < -0.39 is 28.5 Å². The summed E-state index contributed by atoms with van der Waals surface area (Å²) in [7, 11) is -2.54. The predicted molar refractivity (Wildman–Crippen MR) is 147 cm³/mol. The van der Waals surface area contributed by atoms with E-state index in [1.165, 1.54) is 11.9 Å². The van der Waals surface area contributed by atoms with Crippen molar-refractivity contribution in [2.75, 3.05) is 17.9 Å². The molecule has 196 valence electrons. The van der Waals surface area contributed by atoms with Gasteiger partial charge in [-0.05, 0) is 57.0 Å². The highest BCUT2D eigenvalue weighted by atomic mass is 32.2. The van der Waals surface area contributed by atoms with Gasteiger partial charge in [-0.3, -0.25) is 13.9 Å². The van der Waals surface area contributed by atoms with Crippen LogP contribution in [-0.2, 0) is 26.2 Å². The molecule has 0 radical (unpaired) electrons. The number of sulfonamides is 1. The molecule has 3 rings (SSSR count). The number of amides is 2. The molecule has 1 N–H and O–H groups in total. The number of hydrogen-bond acceptors (Lipinski definition) is 4. The van der Waals surface area contributed by atoms with Crippen LogP contribution in [0.3, 0.4) is 0 Å². The van der Waals surface area contributed by atoms with Crippen molar-refractivity contribution in [1.82, 2.24) is 10.2 Å². The van der Waals surface area contributed by atoms with Gasteiger partial charge in [0.05, 0.1) is 10.6 Å². The lowest BCUT2D eigenvalue weighted by Crippen LogP contribution is -2.51. The summed E-state index contributed by atoms with van der Waals surface area (Å²) in [5.74, 6) is -0.764. The van der Waals surface area contributed by atoms with Gasteiger partial charge in [0.15, 0.2) is 0 Å². The molecule has 0 aliphatic heterocycles. The number of carbonyl (C=O) groups excluding carboxylic acids is 2. The lowest BCUT2D eigenvalue weighted by atomic mass is 10.1. The Kier molecular flexibility index (Phi) is 9.10. The van der Waals surface area contributed by atoms with E-state index in [4.69, 9.17) is 0 Å². The summed E-state index contributed by atoms with van der Waals surface area (Å²) >= 11 is 0. The number of nitrogens with one attached hydrogen (secondary N) is 1. The molecule has 0 spiro atoms. The molecular weight excluding hydrogens is 486 g/mol. The highest BCUT2D eigenvalue weighted by Gasteiger charge is 2.33. The van der Waals surface area contributed by atoms with Gasteiger partial charge in [0.25, 0.3) is 10.0 Å². The SMILES string of the molecule is CCC(C(=O)NC)N(Cc1cccc(C)c1)C(=O)CN(c1ccc(C)cc1)S(=O)(=O)c1ccc(C)cc1. The van der Waals surface area contributed by atoms with E-state index >= 15 is 0 Å². The van der Waals surface area contributed by atoms with Crippen LogP contribution in [0.5, 0.6) is 0 Å². The number of rotatable bonds is 10. The van der Waals surface area contributed by atoms with E-state index in [-0.39, 0.29) is 17.3 Å². The Morgan fingerprint density at radius 2 is 1.46 bits per heavy atom. The summed E-state index contributed by atoms with van der Waals surface area (Å²) < 4.78 is 28.7. The van der Waals surface area contributed by atoms with Crippen molar-refractivity contribution in [2.45, 2.75) is 51.6 Å². The van der Waals surface area contributed by atoms with E-state index in [0.717, 1.165) is 26.6 Å². The first-order valence-electron chi connectivity index (χ1n) is 12.3. The summed E-state index contributed by atoms with van der Waals surface area (Å²) in [6.07, 6.45) is 0.381. The molecule has 3 aromatic rings. The molecule has 0 aliphatic rings. The highest BCUT2D eigenvalue weighted by Crippen LogP contribution is 2.25. The molecule has 3 aromatic carbocycles. The molecule has 0 aliphatic carbocycles. The second-order valence-corrected chi connectivity index (χ2v) is 11.1. The van der Waals surface area contributed by atoms with Crippen molar-refractivity contribution in [3.63, 3.8) is 0 Å². The maximum atomic E-state index is 13.9. The third kappa shape index (κ3) is 6.77. The van der Waals surface area contributed by atoms with Crippen molar-refractivity contribution in [3.05, 3.63) is 95.1 Å². The van der Waals surface area contributed by atoms with Crippen LogP contribution in [0.1, 0.15) is 35.6 Å². The van der Waals surface area contributed by atoms with Gasteiger partial charge in [0, 0.05) is 13.6 Å². The molecule has 1 unspecified atom stereocenters. The number of anilines is 1. The van der Waals surface area contributed by atoms with Gasteiger partial charge < -0.3 is 10.2 Å². The third-order valence-electron chi connectivity index (χ3n) is 6.28. The van der Waals surface area contributed by atoms with Crippen molar-refractivity contribution >= 4 is 27.5 Å². The maximum Gasteiger partial charge on any atom is 0.264 e. The first kappa shape index (κ1) is 27.9. The Hall–Kier alpha value is -3.65. The van der Waals surface area contributed by atoms with Gasteiger partial charge >= 0.3 is 0 Å². The van der Waals surface area contributed by atoms with Crippen LogP contribution < -0.4 is 9.62 Å². The minimum atomic E-state index is -4.06. The molecule has 0 heterocycles. The first-order chi connectivity index (χ1) is 17.6. The van der Waals surface area contributed by atoms with Crippen LogP contribution in [0, 0.1) is 20.8 Å². The molecule has 2 amide bonds. The second kappa shape index (κ2) is 12.1. The molecule has 0 bridgehead atoms. The standard InChI is InChI=1S/C29H35N3O4S/c1-6-27(29(34)30-5)31(19-24-9-7-8-23(4)18-24)28(33)20-32(25-14-10-21(2)11-15-25)37(35,36)26-16-12-22(3)13-17-26/h7-18,27H,6,19-20H2,1-5H3,(H,30,34). The number of aryl methyl sites for hydroxylation is 3. The van der Waals surface area contributed by atoms with Crippen molar-refractivity contribution < 1.29 is 18.0 Å². The molecule has 7 nitrogen and oxygen atoms in total. The fraction of sp³-hybridized carbons (Fsp3) is 0.310. The molecule has 1 atom stereocenters. The lowest BCUT2D eigenvalue weighted by Gasteiger charge is -2.33. The summed E-state index contributed by atoms with van der Waals surface area (Å²) in [6, 6.07) is 20.5. The monoisotopic (exact) mass is 521 g/mol. The Labute approximate surface area is 220 Å². The minimum absolute atomic E-state index is 0.0926. The van der Waals surface area contributed by atoms with Crippen LogP contribution in [0.25, 0.3) is 0 Å². The zero-order valence-electron chi connectivity index (χ0n) is 22.1. The molecule has 0 fully saturated rings. The van der Waals surface area contributed by atoms with E-state index in [9.17, 15) is 18.0 Å². The van der Waals surface area contributed by atoms with Crippen molar-refractivity contribution in [2.24, 2.45) is 0 Å². The van der Waals surface area contributed by atoms with Gasteiger partial charge in [-0.25, -0.2) is 8.42 Å². The third-order valence-corrected chi connectivity index (χ3v) is 8.07. The van der Waals surface area contributed by atoms with Gasteiger partial charge in [-0.15, -0.1) is 0 Å². The smallest absolute Gasteiger partial charge is 0.264 e. The van der Waals surface area contributed by atoms with Gasteiger partial charge in [-0.1, -0.05) is 72.1 Å². The predicted octanol–water partition coefficient (Wildman–Crippen LogP) is 4.36. The zero-order valence-corrected chi connectivity index (χ0v) is 22.9. The second-order valence-electron chi connectivity index (χ2n) is 9.21. The molecule has 8 heteroatoms. The molecule has 0 saturated heterocycles. The Morgan fingerprint density at radius 1 is 0.865 bits per heavy atom. The van der Waals surface area contributed by atoms with Crippen LogP contribution in [0.2, 0.25) is 0 Å². The quantitative estimate of drug-likeness (QED) is 0.430. The van der Waals surface area contributed by atoms with Gasteiger partial charge in [0.1, 0.15) is 12.6 Å². The number of carbonyl (C=O) groups is 2. The van der Waals surface area contributed by atoms with Crippen LogP contribution in [0.4, 0.5) is 5.69 Å². The molecule has 37 heavy (non-hydrogen) atoms. The van der Waals surface area contributed by atoms with Crippen molar-refractivity contribution in [3.8, 4) is 0 Å². The summed E-state index contributed by atoms with van der Waals surface area (Å²) in [5, 5.41) is 2.64. The largest absolute Gasteiger partial charge is 0.357 e. The van der Waals surface area contributed by atoms with E-state index in [1.54, 1.807) is 48.5 Å². The highest BCUT2D eigenvalue weighted by molar-refractivity contribution is 7.92. The number of likely N-dealkylation sites (N-methyl/N-ethyl adjacent to an activating group) is 1. The number of nitrogens with zero attached hydrogens (tertiary/aromatic N) is 2. The Bertz CT molecular complexity index is 1340. The van der Waals surface area contributed by atoms with Crippen LogP contribution in [-0.4, -0.2) is 44.8 Å². The van der Waals surface area contributed by atoms with Gasteiger partial charge in [0.2, 0.25) is 11.8 Å². The van der Waals surface area contributed by atoms with Crippen LogP contribution in [0.15, 0.2) is 77.7 Å². The zero-order chi connectivity index (χ0) is 27.2. The fourth-order valence-electron chi connectivity index (χ4n) is 4.17. The van der Waals surface area contributed by atoms with Crippen molar-refractivity contribution in [1.29, 1.82) is 0 Å². The van der Waals surface area contributed by atoms with Gasteiger partial charge in [-0.2, -0.15) is 0 Å². The number of hydrogen-bond donors (Lipinski definition) is 1. The normalized spacial score (nSPS) is 12.0. The fourth-order valence-corrected chi connectivity index (χ4v) is 5.58. The summed E-state index contributed by atoms with van der Waals surface area (Å²) in [5.41, 5.74) is 4.16.